The van der Waals surface area contributed by atoms with Crippen LogP contribution in [0.3, 0.4) is 0 Å². The summed E-state index contributed by atoms with van der Waals surface area (Å²) in [5.41, 5.74) is 7.15. The summed E-state index contributed by atoms with van der Waals surface area (Å²) in [6, 6.07) is 4.15. The molecule has 25 heavy (non-hydrogen) atoms. The lowest BCUT2D eigenvalue weighted by Gasteiger charge is -2.10. The van der Waals surface area contributed by atoms with Crippen LogP contribution >= 0.6 is 0 Å². The number of rotatable bonds is 5. The number of aromatic amines is 1. The van der Waals surface area contributed by atoms with Crippen molar-refractivity contribution < 1.29 is 4.79 Å². The number of Topliss-reactive ketones (excluding diaryl/α,β-unsaturated/α-hetero) is 1. The number of aromatic nitrogens is 4. The first-order chi connectivity index (χ1) is 11.8. The maximum atomic E-state index is 11.2. The highest BCUT2D eigenvalue weighted by molar-refractivity contribution is 5.79. The highest BCUT2D eigenvalue weighted by Crippen LogP contribution is 2.21. The zero-order valence-electron chi connectivity index (χ0n) is 15.3. The SMILES string of the molecule is CC(=O)CCc1c(C)nc(Nc2nc3cc(C)c(C)cc3[nH]2)nc1C. The van der Waals surface area contributed by atoms with Crippen molar-refractivity contribution >= 4 is 28.7 Å². The van der Waals surface area contributed by atoms with Crippen LogP contribution in [0.2, 0.25) is 0 Å². The van der Waals surface area contributed by atoms with Gasteiger partial charge in [0.25, 0.3) is 0 Å². The third kappa shape index (κ3) is 3.68. The number of nitrogens with zero attached hydrogens (tertiary/aromatic N) is 3. The third-order valence-electron chi connectivity index (χ3n) is 4.48. The topological polar surface area (TPSA) is 83.6 Å². The van der Waals surface area contributed by atoms with Gasteiger partial charge in [-0.3, -0.25) is 5.32 Å². The largest absolute Gasteiger partial charge is 0.324 e. The van der Waals surface area contributed by atoms with Gasteiger partial charge in [0.1, 0.15) is 5.78 Å². The summed E-state index contributed by atoms with van der Waals surface area (Å²) in [7, 11) is 0. The predicted molar refractivity (Wildman–Crippen MR) is 99.4 cm³/mol. The predicted octanol–water partition coefficient (Wildman–Crippen LogP) is 3.85. The molecule has 0 radical (unpaired) electrons. The minimum Gasteiger partial charge on any atom is -0.324 e. The van der Waals surface area contributed by atoms with Crippen molar-refractivity contribution in [3.05, 3.63) is 40.2 Å². The molecule has 3 rings (SSSR count). The lowest BCUT2D eigenvalue weighted by atomic mass is 10.1. The molecule has 0 fully saturated rings. The minimum atomic E-state index is 0.175. The van der Waals surface area contributed by atoms with E-state index in [1.54, 1.807) is 6.92 Å². The Morgan fingerprint density at radius 2 is 1.68 bits per heavy atom. The Kier molecular flexibility index (Phi) is 4.53. The molecule has 2 aromatic heterocycles. The number of hydrogen-bond donors (Lipinski definition) is 2. The fourth-order valence-corrected chi connectivity index (χ4v) is 2.89. The van der Waals surface area contributed by atoms with Gasteiger partial charge in [-0.15, -0.1) is 0 Å². The van der Waals surface area contributed by atoms with Gasteiger partial charge >= 0.3 is 0 Å². The van der Waals surface area contributed by atoms with E-state index in [0.29, 0.717) is 24.7 Å². The second-order valence-corrected chi connectivity index (χ2v) is 6.56. The molecule has 130 valence electrons. The van der Waals surface area contributed by atoms with E-state index in [9.17, 15) is 4.79 Å². The van der Waals surface area contributed by atoms with Gasteiger partial charge in [-0.1, -0.05) is 0 Å². The molecule has 0 aliphatic heterocycles. The van der Waals surface area contributed by atoms with Crippen molar-refractivity contribution in [1.29, 1.82) is 0 Å². The molecule has 0 atom stereocenters. The van der Waals surface area contributed by atoms with Crippen LogP contribution in [0.15, 0.2) is 12.1 Å². The Morgan fingerprint density at radius 3 is 2.32 bits per heavy atom. The molecule has 0 saturated heterocycles. The van der Waals surface area contributed by atoms with Crippen LogP contribution in [0.1, 0.15) is 41.4 Å². The van der Waals surface area contributed by atoms with E-state index >= 15 is 0 Å². The number of carbonyl (C=O) groups excluding carboxylic acids is 1. The van der Waals surface area contributed by atoms with Crippen LogP contribution < -0.4 is 5.32 Å². The molecular weight excluding hydrogens is 314 g/mol. The van der Waals surface area contributed by atoms with Crippen molar-refractivity contribution in [2.75, 3.05) is 5.32 Å². The van der Waals surface area contributed by atoms with Crippen LogP contribution in [0, 0.1) is 27.7 Å². The summed E-state index contributed by atoms with van der Waals surface area (Å²) >= 11 is 0. The van der Waals surface area contributed by atoms with Crippen LogP contribution in [-0.4, -0.2) is 25.7 Å². The Morgan fingerprint density at radius 1 is 1.04 bits per heavy atom. The van der Waals surface area contributed by atoms with E-state index in [2.05, 4.69) is 51.2 Å². The molecule has 0 unspecified atom stereocenters. The normalized spacial score (nSPS) is 11.1. The number of imidazole rings is 1. The van der Waals surface area contributed by atoms with E-state index in [1.165, 1.54) is 11.1 Å². The molecule has 3 aromatic rings. The molecule has 0 bridgehead atoms. The summed E-state index contributed by atoms with van der Waals surface area (Å²) in [6.07, 6.45) is 1.19. The van der Waals surface area contributed by atoms with Gasteiger partial charge in [-0.25, -0.2) is 15.0 Å². The summed E-state index contributed by atoms with van der Waals surface area (Å²) in [5.74, 6) is 1.30. The lowest BCUT2D eigenvalue weighted by Crippen LogP contribution is -2.07. The van der Waals surface area contributed by atoms with Crippen LogP contribution in [-0.2, 0) is 11.2 Å². The minimum absolute atomic E-state index is 0.175. The van der Waals surface area contributed by atoms with Gasteiger partial charge < -0.3 is 9.78 Å². The van der Waals surface area contributed by atoms with Crippen LogP contribution in [0.4, 0.5) is 11.9 Å². The molecule has 0 aliphatic rings. The monoisotopic (exact) mass is 337 g/mol. The fraction of sp³-hybridized carbons (Fsp3) is 0.368. The molecule has 6 nitrogen and oxygen atoms in total. The highest BCUT2D eigenvalue weighted by atomic mass is 16.1. The Bertz CT molecular complexity index is 896. The first-order valence-electron chi connectivity index (χ1n) is 8.41. The number of fused-ring (bicyclic) bond motifs is 1. The number of carbonyl (C=O) groups is 1. The van der Waals surface area contributed by atoms with Gasteiger partial charge in [-0.05, 0) is 69.9 Å². The quantitative estimate of drug-likeness (QED) is 0.739. The van der Waals surface area contributed by atoms with Crippen molar-refractivity contribution in [3.63, 3.8) is 0 Å². The van der Waals surface area contributed by atoms with Gasteiger partial charge in [0.05, 0.1) is 11.0 Å². The fourth-order valence-electron chi connectivity index (χ4n) is 2.89. The first-order valence-corrected chi connectivity index (χ1v) is 8.41. The highest BCUT2D eigenvalue weighted by Gasteiger charge is 2.11. The average Bonchev–Trinajstić information content (AvgIpc) is 2.87. The number of ketones is 1. The first kappa shape index (κ1) is 17.1. The molecular formula is C19H23N5O. The average molecular weight is 337 g/mol. The molecule has 0 amide bonds. The van der Waals surface area contributed by atoms with Crippen molar-refractivity contribution in [1.82, 2.24) is 19.9 Å². The van der Waals surface area contributed by atoms with Crippen LogP contribution in [0.5, 0.6) is 0 Å². The van der Waals surface area contributed by atoms with E-state index in [0.717, 1.165) is 28.0 Å². The Labute approximate surface area is 147 Å². The summed E-state index contributed by atoms with van der Waals surface area (Å²) in [6.45, 7) is 9.65. The number of hydrogen-bond acceptors (Lipinski definition) is 5. The third-order valence-corrected chi connectivity index (χ3v) is 4.48. The van der Waals surface area contributed by atoms with Crippen molar-refractivity contribution in [2.45, 2.75) is 47.5 Å². The van der Waals surface area contributed by atoms with Gasteiger partial charge in [0, 0.05) is 17.8 Å². The standard InChI is InChI=1S/C19H23N5O/c1-10-8-16-17(9-11(10)2)23-19(22-16)24-18-20-13(4)15(14(5)21-18)7-6-12(3)25/h8-9H,6-7H2,1-5H3,(H2,20,21,22,23,24). The second kappa shape index (κ2) is 6.63. The molecule has 1 aromatic carbocycles. The summed E-state index contributed by atoms with van der Waals surface area (Å²) in [5, 5.41) is 3.15. The molecule has 6 heteroatoms. The van der Waals surface area contributed by atoms with E-state index < -0.39 is 0 Å². The lowest BCUT2D eigenvalue weighted by molar-refractivity contribution is -0.116. The zero-order valence-corrected chi connectivity index (χ0v) is 15.3. The molecule has 0 spiro atoms. The summed E-state index contributed by atoms with van der Waals surface area (Å²) < 4.78 is 0. The van der Waals surface area contributed by atoms with Gasteiger partial charge in [-0.2, -0.15) is 0 Å². The van der Waals surface area contributed by atoms with Crippen molar-refractivity contribution in [3.8, 4) is 0 Å². The Balaban J connectivity index is 1.86. The Hall–Kier alpha value is -2.76. The number of aryl methyl sites for hydroxylation is 4. The smallest absolute Gasteiger partial charge is 0.229 e. The zero-order chi connectivity index (χ0) is 18.1. The van der Waals surface area contributed by atoms with E-state index in [1.807, 2.05) is 13.8 Å². The summed E-state index contributed by atoms with van der Waals surface area (Å²) in [4.78, 5) is 28.1. The second-order valence-electron chi connectivity index (χ2n) is 6.56. The van der Waals surface area contributed by atoms with Gasteiger partial charge in [0.2, 0.25) is 11.9 Å². The maximum Gasteiger partial charge on any atom is 0.229 e. The number of nitrogens with one attached hydrogen (secondary N) is 2. The molecule has 0 aliphatic carbocycles. The number of anilines is 2. The van der Waals surface area contributed by atoms with Gasteiger partial charge in [0.15, 0.2) is 0 Å². The van der Waals surface area contributed by atoms with E-state index in [-0.39, 0.29) is 5.78 Å². The molecule has 2 heterocycles. The number of benzene rings is 1. The van der Waals surface area contributed by atoms with Crippen LogP contribution in [0.25, 0.3) is 11.0 Å². The van der Waals surface area contributed by atoms with Crippen molar-refractivity contribution in [2.24, 2.45) is 0 Å². The van der Waals surface area contributed by atoms with E-state index in [4.69, 9.17) is 0 Å². The number of H-pyrrole nitrogens is 1. The maximum absolute atomic E-state index is 11.2. The molecule has 2 N–H and O–H groups in total. The molecule has 0 saturated carbocycles.